The van der Waals surface area contributed by atoms with Crippen LogP contribution in [0.15, 0.2) is 18.5 Å². The normalized spacial score (nSPS) is 22.2. The molecule has 33 heavy (non-hydrogen) atoms. The van der Waals surface area contributed by atoms with Crippen LogP contribution in [0, 0.1) is 16.7 Å². The lowest BCUT2D eigenvalue weighted by Crippen LogP contribution is -2.43. The summed E-state index contributed by atoms with van der Waals surface area (Å²) in [6.07, 6.45) is 9.38. The zero-order valence-electron chi connectivity index (χ0n) is 19.1. The van der Waals surface area contributed by atoms with E-state index in [1.54, 1.807) is 19.5 Å². The third-order valence-electron chi connectivity index (χ3n) is 6.37. The second kappa shape index (κ2) is 10.6. The Morgan fingerprint density at radius 2 is 2.00 bits per heavy atom. The minimum absolute atomic E-state index is 0.266. The van der Waals surface area contributed by atoms with Gasteiger partial charge < -0.3 is 20.7 Å². The maximum absolute atomic E-state index is 9.27. The van der Waals surface area contributed by atoms with Gasteiger partial charge in [0.25, 0.3) is 0 Å². The van der Waals surface area contributed by atoms with Gasteiger partial charge in [-0.1, -0.05) is 11.6 Å². The Hall–Kier alpha value is -2.54. The van der Waals surface area contributed by atoms with Crippen molar-refractivity contribution in [1.29, 1.82) is 5.26 Å². The molecule has 3 N–H and O–H groups in total. The fourth-order valence-electron chi connectivity index (χ4n) is 4.25. The monoisotopic (exact) mass is 470 g/mol. The van der Waals surface area contributed by atoms with Crippen LogP contribution in [0.1, 0.15) is 45.4 Å². The Morgan fingerprint density at radius 1 is 1.24 bits per heavy atom. The second-order valence-electron chi connectivity index (χ2n) is 9.18. The van der Waals surface area contributed by atoms with Crippen molar-refractivity contribution in [2.24, 2.45) is 5.41 Å². The van der Waals surface area contributed by atoms with Crippen molar-refractivity contribution in [3.63, 3.8) is 0 Å². The topological polar surface area (TPSA) is 121 Å². The SMILES string of the molecule is COCC(C)NC1CCC(Nc2ncc(Cl)c(-c3cnnc(NCC4(C#N)CC4)c3)n2)CC1. The number of halogens is 1. The molecule has 0 aromatic carbocycles. The van der Waals surface area contributed by atoms with Gasteiger partial charge in [-0.15, -0.1) is 5.10 Å². The van der Waals surface area contributed by atoms with E-state index in [1.807, 2.05) is 6.07 Å². The van der Waals surface area contributed by atoms with Crippen LogP contribution in [0.3, 0.4) is 0 Å². The first-order chi connectivity index (χ1) is 16.0. The molecule has 2 aromatic heterocycles. The standard InChI is InChI=1S/C23H31ClN8O/c1-15(12-33-2)29-17-3-5-18(6-4-17)30-22-26-11-19(24)21(31-22)16-9-20(32-28-10-16)27-14-23(13-25)7-8-23/h9-11,15,17-18,29H,3-8,12,14H2,1-2H3,(H,27,32)(H,26,30,31). The lowest BCUT2D eigenvalue weighted by atomic mass is 9.91. The molecule has 10 heteroatoms. The average Bonchev–Trinajstić information content (AvgIpc) is 3.61. The molecule has 4 rings (SSSR count). The van der Waals surface area contributed by atoms with Crippen LogP contribution in [0.4, 0.5) is 11.8 Å². The minimum Gasteiger partial charge on any atom is -0.383 e. The number of methoxy groups -OCH3 is 1. The highest BCUT2D eigenvalue weighted by atomic mass is 35.5. The number of anilines is 2. The van der Waals surface area contributed by atoms with E-state index in [0.29, 0.717) is 47.2 Å². The summed E-state index contributed by atoms with van der Waals surface area (Å²) in [5.41, 5.74) is 1.10. The number of aromatic nitrogens is 4. The van der Waals surface area contributed by atoms with Gasteiger partial charge in [-0.25, -0.2) is 9.97 Å². The molecule has 2 saturated carbocycles. The van der Waals surface area contributed by atoms with Gasteiger partial charge in [-0.3, -0.25) is 0 Å². The molecular weight excluding hydrogens is 440 g/mol. The van der Waals surface area contributed by atoms with Crippen LogP contribution in [0.25, 0.3) is 11.3 Å². The zero-order valence-corrected chi connectivity index (χ0v) is 19.9. The Morgan fingerprint density at radius 3 is 2.70 bits per heavy atom. The van der Waals surface area contributed by atoms with E-state index in [4.69, 9.17) is 16.3 Å². The van der Waals surface area contributed by atoms with Gasteiger partial charge in [0, 0.05) is 37.3 Å². The summed E-state index contributed by atoms with van der Waals surface area (Å²) in [6, 6.07) is 5.42. The molecule has 2 heterocycles. The van der Waals surface area contributed by atoms with Crippen LogP contribution in [-0.4, -0.2) is 58.6 Å². The molecule has 1 atom stereocenters. The quantitative estimate of drug-likeness (QED) is 0.477. The van der Waals surface area contributed by atoms with Crippen molar-refractivity contribution in [2.45, 2.75) is 63.6 Å². The summed E-state index contributed by atoms with van der Waals surface area (Å²) in [5.74, 6) is 1.16. The molecule has 0 aliphatic heterocycles. The maximum Gasteiger partial charge on any atom is 0.223 e. The summed E-state index contributed by atoms with van der Waals surface area (Å²) in [5, 5.41) is 28.3. The van der Waals surface area contributed by atoms with E-state index in [-0.39, 0.29) is 5.41 Å². The van der Waals surface area contributed by atoms with Gasteiger partial charge >= 0.3 is 0 Å². The number of hydrogen-bond acceptors (Lipinski definition) is 9. The molecule has 176 valence electrons. The Bertz CT molecular complexity index is 985. The van der Waals surface area contributed by atoms with Crippen molar-refractivity contribution >= 4 is 23.4 Å². The summed E-state index contributed by atoms with van der Waals surface area (Å²) in [4.78, 5) is 9.06. The third kappa shape index (κ3) is 6.28. The lowest BCUT2D eigenvalue weighted by Gasteiger charge is -2.31. The number of nitrogens with one attached hydrogen (secondary N) is 3. The summed E-state index contributed by atoms with van der Waals surface area (Å²) in [6.45, 7) is 3.44. The highest BCUT2D eigenvalue weighted by molar-refractivity contribution is 6.32. The smallest absolute Gasteiger partial charge is 0.223 e. The van der Waals surface area contributed by atoms with Crippen molar-refractivity contribution in [2.75, 3.05) is 30.9 Å². The number of ether oxygens (including phenoxy) is 1. The van der Waals surface area contributed by atoms with Gasteiger partial charge in [0.15, 0.2) is 0 Å². The fraction of sp³-hybridized carbons (Fsp3) is 0.609. The fourth-order valence-corrected chi connectivity index (χ4v) is 4.45. The summed E-state index contributed by atoms with van der Waals surface area (Å²) < 4.78 is 5.22. The zero-order chi connectivity index (χ0) is 23.3. The largest absolute Gasteiger partial charge is 0.383 e. The molecule has 2 aliphatic carbocycles. The predicted molar refractivity (Wildman–Crippen MR) is 128 cm³/mol. The summed E-state index contributed by atoms with van der Waals surface area (Å²) >= 11 is 6.42. The molecule has 9 nitrogen and oxygen atoms in total. The van der Waals surface area contributed by atoms with Crippen LogP contribution in [0.2, 0.25) is 5.02 Å². The van der Waals surface area contributed by atoms with Gasteiger partial charge in [0.1, 0.15) is 5.82 Å². The molecule has 2 aromatic rings. The van der Waals surface area contributed by atoms with Crippen molar-refractivity contribution in [3.05, 3.63) is 23.5 Å². The highest BCUT2D eigenvalue weighted by Crippen LogP contribution is 2.44. The molecule has 0 radical (unpaired) electrons. The van der Waals surface area contributed by atoms with E-state index < -0.39 is 0 Å². The van der Waals surface area contributed by atoms with Crippen LogP contribution in [-0.2, 0) is 4.74 Å². The molecule has 1 unspecified atom stereocenters. The Kier molecular flexibility index (Phi) is 7.58. The molecule has 0 bridgehead atoms. The first-order valence-corrected chi connectivity index (χ1v) is 11.9. The van der Waals surface area contributed by atoms with Gasteiger partial charge in [-0.05, 0) is 51.5 Å². The summed E-state index contributed by atoms with van der Waals surface area (Å²) in [7, 11) is 1.73. The highest BCUT2D eigenvalue weighted by Gasteiger charge is 2.43. The van der Waals surface area contributed by atoms with Crippen LogP contribution >= 0.6 is 11.6 Å². The molecule has 0 amide bonds. The Labute approximate surface area is 199 Å². The lowest BCUT2D eigenvalue weighted by molar-refractivity contribution is 0.161. The van der Waals surface area contributed by atoms with Crippen molar-refractivity contribution in [3.8, 4) is 17.3 Å². The molecule has 2 fully saturated rings. The molecule has 2 aliphatic rings. The third-order valence-corrected chi connectivity index (χ3v) is 6.64. The van der Waals surface area contributed by atoms with Crippen molar-refractivity contribution < 1.29 is 4.74 Å². The van der Waals surface area contributed by atoms with Gasteiger partial charge in [0.05, 0.1) is 41.2 Å². The number of nitriles is 1. The molecular formula is C23H31ClN8O. The van der Waals surface area contributed by atoms with Gasteiger partial charge in [0.2, 0.25) is 5.95 Å². The van der Waals surface area contributed by atoms with E-state index in [1.165, 1.54) is 0 Å². The Balaban J connectivity index is 1.37. The molecule has 0 saturated heterocycles. The maximum atomic E-state index is 9.27. The van der Waals surface area contributed by atoms with E-state index in [9.17, 15) is 5.26 Å². The number of hydrogen-bond donors (Lipinski definition) is 3. The number of rotatable bonds is 10. The average molecular weight is 471 g/mol. The van der Waals surface area contributed by atoms with Crippen LogP contribution < -0.4 is 16.0 Å². The first-order valence-electron chi connectivity index (χ1n) is 11.5. The van der Waals surface area contributed by atoms with E-state index in [2.05, 4.69) is 49.1 Å². The first kappa shape index (κ1) is 23.6. The van der Waals surface area contributed by atoms with Crippen molar-refractivity contribution in [1.82, 2.24) is 25.5 Å². The van der Waals surface area contributed by atoms with Gasteiger partial charge in [-0.2, -0.15) is 10.4 Å². The minimum atomic E-state index is -0.266. The van der Waals surface area contributed by atoms with E-state index >= 15 is 0 Å². The number of nitrogens with zero attached hydrogens (tertiary/aromatic N) is 5. The second-order valence-corrected chi connectivity index (χ2v) is 9.59. The van der Waals surface area contributed by atoms with Crippen LogP contribution in [0.5, 0.6) is 0 Å². The predicted octanol–water partition coefficient (Wildman–Crippen LogP) is 3.65. The van der Waals surface area contributed by atoms with E-state index in [0.717, 1.165) is 50.7 Å². The molecule has 0 spiro atoms.